The number of aromatic nitrogens is 1. The summed E-state index contributed by atoms with van der Waals surface area (Å²) in [5.74, 6) is 0. The number of para-hydroxylation sites is 3. The number of hydrogen-bond acceptors (Lipinski definition) is 3. The third-order valence-electron chi connectivity index (χ3n) is 15.6. The largest absolute Gasteiger partial charge is 0.454 e. The lowest BCUT2D eigenvalue weighted by atomic mass is 9.70. The lowest BCUT2D eigenvalue weighted by molar-refractivity contribution is 0.669. The fourth-order valence-corrected chi connectivity index (χ4v) is 13.8. The standard InChI is InChI=1S/C67H40N2OS/c1-2-17-42(18-3-1)69-59-29-13-7-24-51(59)65-45(25-16-30-60(65)69)41-37-54-49-22-8-14-31-62(49)70-66(54)61(38-41)68(44-34-36-64-53(40-44)50-23-9-15-32-63(50)71-64)43-33-35-58-52(39-43)48-21-6-12-28-57(48)67(58)55-26-10-4-19-46(55)47-20-5-11-27-56(47)67/h1-40H. The van der Waals surface area contributed by atoms with E-state index in [0.717, 1.165) is 50.3 Å². The van der Waals surface area contributed by atoms with Crippen molar-refractivity contribution in [1.29, 1.82) is 0 Å². The van der Waals surface area contributed by atoms with Gasteiger partial charge in [-0.3, -0.25) is 0 Å². The topological polar surface area (TPSA) is 21.3 Å². The van der Waals surface area contributed by atoms with Crippen molar-refractivity contribution < 1.29 is 4.42 Å². The van der Waals surface area contributed by atoms with Crippen LogP contribution < -0.4 is 4.90 Å². The molecule has 71 heavy (non-hydrogen) atoms. The van der Waals surface area contributed by atoms with E-state index in [4.69, 9.17) is 4.42 Å². The van der Waals surface area contributed by atoms with Crippen molar-refractivity contribution in [3.8, 4) is 39.1 Å². The Morgan fingerprint density at radius 1 is 0.380 bits per heavy atom. The van der Waals surface area contributed by atoms with Crippen LogP contribution in [0.15, 0.2) is 247 Å². The van der Waals surface area contributed by atoms with Gasteiger partial charge in [0.05, 0.1) is 22.1 Å². The van der Waals surface area contributed by atoms with E-state index in [1.165, 1.54) is 92.0 Å². The molecule has 0 amide bonds. The molecule has 3 nitrogen and oxygen atoms in total. The zero-order valence-corrected chi connectivity index (χ0v) is 39.1. The minimum atomic E-state index is -0.444. The van der Waals surface area contributed by atoms with Crippen LogP contribution in [0, 0.1) is 0 Å². The summed E-state index contributed by atoms with van der Waals surface area (Å²) in [4.78, 5) is 2.47. The molecule has 0 saturated carbocycles. The Hall–Kier alpha value is -8.96. The van der Waals surface area contributed by atoms with Gasteiger partial charge in [0.25, 0.3) is 0 Å². The second-order valence-electron chi connectivity index (χ2n) is 19.1. The molecule has 0 N–H and O–H groups in total. The average Bonchev–Trinajstić information content (AvgIpc) is 4.23. The molecular formula is C67H40N2OS. The Labute approximate surface area is 413 Å². The van der Waals surface area contributed by atoms with Crippen molar-refractivity contribution >= 4 is 92.3 Å². The van der Waals surface area contributed by atoms with Crippen molar-refractivity contribution in [2.75, 3.05) is 4.90 Å². The van der Waals surface area contributed by atoms with E-state index in [9.17, 15) is 0 Å². The summed E-state index contributed by atoms with van der Waals surface area (Å²) < 4.78 is 12.1. The SMILES string of the molecule is c1ccc(-n2c3ccccc3c3c(-c4cc(N(c5ccc6c(c5)-c5ccccc5C65c6ccccc6-c6ccccc65)c5ccc6sc7ccccc7c6c5)c5oc6ccccc6c5c4)cccc32)cc1. The molecule has 0 unspecified atom stereocenters. The number of fused-ring (bicyclic) bond motifs is 19. The molecule has 0 saturated heterocycles. The number of benzene rings is 11. The van der Waals surface area contributed by atoms with E-state index in [2.05, 4.69) is 252 Å². The number of hydrogen-bond donors (Lipinski definition) is 0. The minimum Gasteiger partial charge on any atom is -0.454 e. The Morgan fingerprint density at radius 2 is 0.958 bits per heavy atom. The Morgan fingerprint density at radius 3 is 1.75 bits per heavy atom. The third kappa shape index (κ3) is 5.26. The second-order valence-corrected chi connectivity index (χ2v) is 20.2. The Bertz CT molecular complexity index is 4510. The van der Waals surface area contributed by atoms with E-state index < -0.39 is 5.41 Å². The predicted octanol–water partition coefficient (Wildman–Crippen LogP) is 18.5. The van der Waals surface area contributed by atoms with Gasteiger partial charge in [0.2, 0.25) is 0 Å². The molecule has 0 fully saturated rings. The first kappa shape index (κ1) is 38.9. The molecule has 16 rings (SSSR count). The molecule has 1 spiro atoms. The van der Waals surface area contributed by atoms with Gasteiger partial charge in [-0.25, -0.2) is 0 Å². The first-order valence-corrected chi connectivity index (χ1v) is 25.2. The van der Waals surface area contributed by atoms with E-state index in [1.54, 1.807) is 0 Å². The van der Waals surface area contributed by atoms with E-state index >= 15 is 0 Å². The monoisotopic (exact) mass is 920 g/mol. The van der Waals surface area contributed by atoms with E-state index in [1.807, 2.05) is 11.3 Å². The summed E-state index contributed by atoms with van der Waals surface area (Å²) in [7, 11) is 0. The fourth-order valence-electron chi connectivity index (χ4n) is 12.8. The Kier molecular flexibility index (Phi) is 7.97. The first-order chi connectivity index (χ1) is 35.2. The molecule has 14 aromatic rings. The van der Waals surface area contributed by atoms with Crippen LogP contribution in [-0.4, -0.2) is 4.57 Å². The maximum atomic E-state index is 7.12. The van der Waals surface area contributed by atoms with E-state index in [0.29, 0.717) is 0 Å². The van der Waals surface area contributed by atoms with Gasteiger partial charge in [-0.15, -0.1) is 11.3 Å². The lowest BCUT2D eigenvalue weighted by Gasteiger charge is -2.31. The van der Waals surface area contributed by atoms with Crippen LogP contribution in [0.25, 0.3) is 103 Å². The molecule has 2 aliphatic carbocycles. The maximum absolute atomic E-state index is 7.12. The molecule has 3 aromatic heterocycles. The zero-order chi connectivity index (χ0) is 46.4. The zero-order valence-electron chi connectivity index (χ0n) is 38.3. The summed E-state index contributed by atoms with van der Waals surface area (Å²) in [6, 6.07) is 89.8. The van der Waals surface area contributed by atoms with Gasteiger partial charge in [-0.1, -0.05) is 164 Å². The first-order valence-electron chi connectivity index (χ1n) is 24.4. The number of nitrogens with zero attached hydrogens (tertiary/aromatic N) is 2. The number of thiophene rings is 1. The van der Waals surface area contributed by atoms with Gasteiger partial charge in [-0.2, -0.15) is 0 Å². The molecule has 0 atom stereocenters. The minimum absolute atomic E-state index is 0.444. The van der Waals surface area contributed by atoms with Crippen LogP contribution in [0.4, 0.5) is 17.1 Å². The van der Waals surface area contributed by atoms with Crippen LogP contribution in [0.5, 0.6) is 0 Å². The van der Waals surface area contributed by atoms with Crippen molar-refractivity contribution in [3.63, 3.8) is 0 Å². The van der Waals surface area contributed by atoms with Gasteiger partial charge < -0.3 is 13.9 Å². The summed E-state index contributed by atoms with van der Waals surface area (Å²) in [5.41, 5.74) is 20.6. The highest BCUT2D eigenvalue weighted by atomic mass is 32.1. The molecular weight excluding hydrogens is 881 g/mol. The van der Waals surface area contributed by atoms with Crippen molar-refractivity contribution in [2.45, 2.75) is 5.41 Å². The third-order valence-corrected chi connectivity index (χ3v) is 16.7. The molecule has 0 bridgehead atoms. The number of rotatable bonds is 5. The van der Waals surface area contributed by atoms with Crippen LogP contribution in [0.2, 0.25) is 0 Å². The highest BCUT2D eigenvalue weighted by Crippen LogP contribution is 2.63. The molecule has 0 aliphatic heterocycles. The second kappa shape index (κ2) is 14.5. The summed E-state index contributed by atoms with van der Waals surface area (Å²) in [5, 5.41) is 7.11. The molecule has 3 heterocycles. The fraction of sp³-hybridized carbons (Fsp3) is 0.0149. The van der Waals surface area contributed by atoms with Gasteiger partial charge in [0, 0.05) is 58.8 Å². The van der Waals surface area contributed by atoms with Crippen LogP contribution in [0.3, 0.4) is 0 Å². The van der Waals surface area contributed by atoms with Gasteiger partial charge in [-0.05, 0) is 134 Å². The maximum Gasteiger partial charge on any atom is 0.159 e. The average molecular weight is 921 g/mol. The summed E-state index contributed by atoms with van der Waals surface area (Å²) >= 11 is 1.85. The van der Waals surface area contributed by atoms with Crippen LogP contribution in [-0.2, 0) is 5.41 Å². The summed E-state index contributed by atoms with van der Waals surface area (Å²) in [6.45, 7) is 0. The molecule has 11 aromatic carbocycles. The van der Waals surface area contributed by atoms with Gasteiger partial charge in [0.1, 0.15) is 5.58 Å². The van der Waals surface area contributed by atoms with E-state index in [-0.39, 0.29) is 0 Å². The molecule has 330 valence electrons. The molecule has 4 heteroatoms. The number of anilines is 3. The smallest absolute Gasteiger partial charge is 0.159 e. The lowest BCUT2D eigenvalue weighted by Crippen LogP contribution is -2.25. The van der Waals surface area contributed by atoms with Crippen LogP contribution in [0.1, 0.15) is 22.3 Å². The Balaban J connectivity index is 1.00. The van der Waals surface area contributed by atoms with Gasteiger partial charge >= 0.3 is 0 Å². The quantitative estimate of drug-likeness (QED) is 0.172. The van der Waals surface area contributed by atoms with Crippen LogP contribution >= 0.6 is 11.3 Å². The highest BCUT2D eigenvalue weighted by Gasteiger charge is 2.51. The molecule has 0 radical (unpaired) electrons. The summed E-state index contributed by atoms with van der Waals surface area (Å²) in [6.07, 6.45) is 0. The molecule has 2 aliphatic rings. The number of furan rings is 1. The van der Waals surface area contributed by atoms with Crippen molar-refractivity contribution in [2.24, 2.45) is 0 Å². The van der Waals surface area contributed by atoms with Gasteiger partial charge in [0.15, 0.2) is 5.58 Å². The predicted molar refractivity (Wildman–Crippen MR) is 297 cm³/mol. The normalized spacial score (nSPS) is 13.2. The van der Waals surface area contributed by atoms with Crippen molar-refractivity contribution in [1.82, 2.24) is 4.57 Å². The van der Waals surface area contributed by atoms with Crippen molar-refractivity contribution in [3.05, 3.63) is 265 Å². The highest BCUT2D eigenvalue weighted by molar-refractivity contribution is 7.25.